The second kappa shape index (κ2) is 12.7. The van der Waals surface area contributed by atoms with Crippen LogP contribution in [-0.2, 0) is 14.3 Å². The largest absolute Gasteiger partial charge is 0.394 e. The maximum atomic E-state index is 14.6. The molecule has 4 aromatic rings. The first kappa shape index (κ1) is 31.5. The topological polar surface area (TPSA) is 143 Å². The van der Waals surface area contributed by atoms with Crippen LogP contribution < -0.4 is 4.90 Å². The third-order valence-electron chi connectivity index (χ3n) is 8.50. The van der Waals surface area contributed by atoms with E-state index in [-0.39, 0.29) is 11.3 Å². The molecule has 3 heterocycles. The van der Waals surface area contributed by atoms with Crippen molar-refractivity contribution in [1.82, 2.24) is 20.0 Å². The van der Waals surface area contributed by atoms with Crippen LogP contribution in [0.2, 0.25) is 0 Å². The molecular formula is C30H32F3N5O6S. The number of hydrogen-bond acceptors (Lipinski definition) is 10. The van der Waals surface area contributed by atoms with Crippen LogP contribution in [0.5, 0.6) is 0 Å². The number of benzene rings is 2. The lowest BCUT2D eigenvalue weighted by atomic mass is 9.88. The van der Waals surface area contributed by atoms with Gasteiger partial charge in [0.25, 0.3) is 5.91 Å². The van der Waals surface area contributed by atoms with Gasteiger partial charge in [-0.3, -0.25) is 4.79 Å². The summed E-state index contributed by atoms with van der Waals surface area (Å²) in [5.74, 6) is -5.02. The fourth-order valence-corrected chi connectivity index (χ4v) is 7.17. The third-order valence-corrected chi connectivity index (χ3v) is 9.43. The molecule has 2 aliphatic rings. The molecule has 11 nitrogen and oxygen atoms in total. The van der Waals surface area contributed by atoms with Crippen LogP contribution in [0.4, 0.5) is 18.9 Å². The van der Waals surface area contributed by atoms with Crippen molar-refractivity contribution in [2.75, 3.05) is 18.6 Å². The molecule has 1 aliphatic heterocycles. The van der Waals surface area contributed by atoms with Crippen LogP contribution in [0.25, 0.3) is 21.5 Å². The molecule has 2 aromatic carbocycles. The first-order valence-electron chi connectivity index (χ1n) is 14.5. The minimum absolute atomic E-state index is 0.0372. The van der Waals surface area contributed by atoms with Gasteiger partial charge in [0.05, 0.1) is 40.2 Å². The van der Waals surface area contributed by atoms with Crippen LogP contribution in [-0.4, -0.2) is 91.5 Å². The fraction of sp³-hybridized carbons (Fsp3) is 0.467. The van der Waals surface area contributed by atoms with Gasteiger partial charge in [0.15, 0.2) is 23.6 Å². The van der Waals surface area contributed by atoms with E-state index in [0.717, 1.165) is 40.2 Å². The fourth-order valence-electron chi connectivity index (χ4n) is 6.31. The zero-order chi connectivity index (χ0) is 32.0. The predicted molar refractivity (Wildman–Crippen MR) is 157 cm³/mol. The number of rotatable bonds is 7. The molecule has 15 heteroatoms. The molecule has 1 aliphatic carbocycles. The number of nitrogens with zero attached hydrogens (tertiary/aromatic N) is 5. The maximum Gasteiger partial charge on any atom is 0.259 e. The minimum Gasteiger partial charge on any atom is -0.394 e. The highest BCUT2D eigenvalue weighted by molar-refractivity contribution is 7.18. The molecule has 0 unspecified atom stereocenters. The Morgan fingerprint density at radius 2 is 1.89 bits per heavy atom. The summed E-state index contributed by atoms with van der Waals surface area (Å²) < 4.78 is 55.3. The molecule has 6 rings (SSSR count). The summed E-state index contributed by atoms with van der Waals surface area (Å²) in [6.07, 6.45) is -2.19. The van der Waals surface area contributed by atoms with Gasteiger partial charge < -0.3 is 29.7 Å². The molecule has 7 atom stereocenters. The number of anilines is 1. The number of thiazole rings is 1. The van der Waals surface area contributed by atoms with E-state index in [1.807, 2.05) is 13.0 Å². The van der Waals surface area contributed by atoms with Crippen molar-refractivity contribution in [2.24, 2.45) is 0 Å². The molecule has 240 valence electrons. The number of carbonyl (C=O) groups is 1. The van der Waals surface area contributed by atoms with E-state index in [1.165, 1.54) is 34.2 Å². The molecule has 2 fully saturated rings. The zero-order valence-corrected chi connectivity index (χ0v) is 25.2. The van der Waals surface area contributed by atoms with Crippen LogP contribution in [0.3, 0.4) is 0 Å². The van der Waals surface area contributed by atoms with E-state index in [9.17, 15) is 33.3 Å². The van der Waals surface area contributed by atoms with Gasteiger partial charge in [-0.15, -0.1) is 16.4 Å². The second-order valence-electron chi connectivity index (χ2n) is 11.3. The normalized spacial score (nSPS) is 27.2. The molecule has 45 heavy (non-hydrogen) atoms. The number of methoxy groups -OCH3 is 1. The van der Waals surface area contributed by atoms with Crippen molar-refractivity contribution in [3.63, 3.8) is 0 Å². The molecule has 1 amide bonds. The van der Waals surface area contributed by atoms with Gasteiger partial charge in [-0.05, 0) is 50.1 Å². The molecule has 3 N–H and O–H groups in total. The Kier molecular flexibility index (Phi) is 8.91. The number of amides is 1. The summed E-state index contributed by atoms with van der Waals surface area (Å²) in [5.41, 5.74) is 1.15. The highest BCUT2D eigenvalue weighted by atomic mass is 32.1. The number of aliphatic hydroxyl groups excluding tert-OH is 3. The van der Waals surface area contributed by atoms with Crippen molar-refractivity contribution in [3.05, 3.63) is 59.0 Å². The van der Waals surface area contributed by atoms with Crippen LogP contribution in [0.1, 0.15) is 36.7 Å². The molecule has 1 saturated carbocycles. The van der Waals surface area contributed by atoms with E-state index in [1.54, 1.807) is 12.1 Å². The Hall–Kier alpha value is -3.47. The van der Waals surface area contributed by atoms with Crippen molar-refractivity contribution in [1.29, 1.82) is 0 Å². The predicted octanol–water partition coefficient (Wildman–Crippen LogP) is 3.29. The number of carbonyl (C=O) groups excluding carboxylic acids is 1. The Balaban J connectivity index is 1.39. The molecule has 2 aromatic heterocycles. The van der Waals surface area contributed by atoms with Gasteiger partial charge in [-0.2, -0.15) is 0 Å². The molecule has 0 bridgehead atoms. The van der Waals surface area contributed by atoms with E-state index < -0.39 is 72.6 Å². The molecule has 1 saturated heterocycles. The monoisotopic (exact) mass is 647 g/mol. The molecule has 0 radical (unpaired) electrons. The first-order valence-corrected chi connectivity index (χ1v) is 15.3. The average molecular weight is 648 g/mol. The van der Waals surface area contributed by atoms with Crippen molar-refractivity contribution >= 4 is 33.1 Å². The summed E-state index contributed by atoms with van der Waals surface area (Å²) in [6, 6.07) is 5.18. The van der Waals surface area contributed by atoms with Crippen molar-refractivity contribution < 1.29 is 42.8 Å². The third kappa shape index (κ3) is 5.84. The van der Waals surface area contributed by atoms with Gasteiger partial charge in [0.1, 0.15) is 30.0 Å². The van der Waals surface area contributed by atoms with Crippen molar-refractivity contribution in [2.45, 2.75) is 75.2 Å². The summed E-state index contributed by atoms with van der Waals surface area (Å²) in [6.45, 7) is 1.22. The summed E-state index contributed by atoms with van der Waals surface area (Å²) in [7, 11) is 1.32. The SMILES string of the molecule is CO[C@@H]1[C@@H](n2cc(-c3cc(F)c(F)c(F)c3)nn2)[C@@H](O)[C@@H](CO)O[C@H]1C(=O)N(c1ccc2nc(C)sc2c1)[C@H]1CCCC[C@@H]1O. The maximum absolute atomic E-state index is 14.6. The average Bonchev–Trinajstić information content (AvgIpc) is 3.66. The van der Waals surface area contributed by atoms with Gasteiger partial charge in [0, 0.05) is 18.4 Å². The van der Waals surface area contributed by atoms with E-state index in [4.69, 9.17) is 9.47 Å². The van der Waals surface area contributed by atoms with E-state index in [0.29, 0.717) is 18.5 Å². The number of aliphatic hydroxyl groups is 3. The lowest BCUT2D eigenvalue weighted by Crippen LogP contribution is -2.63. The van der Waals surface area contributed by atoms with Crippen LogP contribution >= 0.6 is 11.3 Å². The van der Waals surface area contributed by atoms with Gasteiger partial charge in [-0.1, -0.05) is 18.1 Å². The summed E-state index contributed by atoms with van der Waals surface area (Å²) >= 11 is 1.47. The van der Waals surface area contributed by atoms with Crippen LogP contribution in [0.15, 0.2) is 36.5 Å². The Morgan fingerprint density at radius 1 is 1.16 bits per heavy atom. The van der Waals surface area contributed by atoms with E-state index in [2.05, 4.69) is 15.3 Å². The number of ether oxygens (including phenoxy) is 2. The second-order valence-corrected chi connectivity index (χ2v) is 12.5. The van der Waals surface area contributed by atoms with Gasteiger partial charge >= 0.3 is 0 Å². The molecular weight excluding hydrogens is 615 g/mol. The molecule has 0 spiro atoms. The Morgan fingerprint density at radius 3 is 2.58 bits per heavy atom. The highest BCUT2D eigenvalue weighted by Crippen LogP contribution is 2.37. The van der Waals surface area contributed by atoms with Crippen LogP contribution in [0, 0.1) is 24.4 Å². The zero-order valence-electron chi connectivity index (χ0n) is 24.4. The summed E-state index contributed by atoms with van der Waals surface area (Å²) in [5, 5.41) is 41.3. The summed E-state index contributed by atoms with van der Waals surface area (Å²) in [4.78, 5) is 20.6. The minimum atomic E-state index is -1.63. The lowest BCUT2D eigenvalue weighted by Gasteiger charge is -2.46. The number of aromatic nitrogens is 4. The first-order chi connectivity index (χ1) is 21.6. The highest BCUT2D eigenvalue weighted by Gasteiger charge is 2.52. The standard InChI is InChI=1S/C30H32F3N5O6S/c1-14-34-19-8-7-16(11-24(19)45-14)38(21-5-3-4-6-22(21)40)30(42)29-28(43-2)26(27(41)23(13-39)44-29)37-12-20(35-36-37)15-9-17(31)25(33)18(32)10-15/h7-12,21-23,26-29,39-41H,3-6,13H2,1-2H3/t21-,22-,23+,26-,27-,28+,29+/m0/s1. The smallest absolute Gasteiger partial charge is 0.259 e. The quantitative estimate of drug-likeness (QED) is 0.258. The number of hydrogen-bond donors (Lipinski definition) is 3. The number of fused-ring (bicyclic) bond motifs is 1. The van der Waals surface area contributed by atoms with Gasteiger partial charge in [-0.25, -0.2) is 22.8 Å². The number of halogens is 3. The van der Waals surface area contributed by atoms with Crippen molar-refractivity contribution in [3.8, 4) is 11.3 Å². The Bertz CT molecular complexity index is 1680. The lowest BCUT2D eigenvalue weighted by molar-refractivity contribution is -0.211. The number of aryl methyl sites for hydroxylation is 1. The Labute approximate surface area is 259 Å². The van der Waals surface area contributed by atoms with Gasteiger partial charge in [0.2, 0.25) is 0 Å². The van der Waals surface area contributed by atoms with E-state index >= 15 is 0 Å².